The summed E-state index contributed by atoms with van der Waals surface area (Å²) in [5.74, 6) is -5.62. The zero-order valence-electron chi connectivity index (χ0n) is 8.49. The largest absolute Gasteiger partial charge is 0.478 e. The monoisotopic (exact) mass is 320 g/mol. The van der Waals surface area contributed by atoms with Crippen molar-refractivity contribution in [1.29, 1.82) is 0 Å². The van der Waals surface area contributed by atoms with E-state index in [2.05, 4.69) is 21.0 Å². The Labute approximate surface area is 107 Å². The van der Waals surface area contributed by atoms with Crippen molar-refractivity contribution in [2.75, 3.05) is 0 Å². The molecule has 0 saturated heterocycles. The van der Waals surface area contributed by atoms with Crippen molar-refractivity contribution in [3.8, 4) is 5.69 Å². The predicted octanol–water partition coefficient (Wildman–Crippen LogP) is 2.75. The van der Waals surface area contributed by atoms with E-state index >= 15 is 0 Å². The molecule has 0 aliphatic rings. The number of hydrogen-bond donors (Lipinski definition) is 1. The van der Waals surface area contributed by atoms with Gasteiger partial charge >= 0.3 is 5.97 Å². The van der Waals surface area contributed by atoms with Gasteiger partial charge in [0.15, 0.2) is 17.5 Å². The van der Waals surface area contributed by atoms with Crippen molar-refractivity contribution in [2.24, 2.45) is 0 Å². The van der Waals surface area contributed by atoms with Crippen LogP contribution in [0.3, 0.4) is 0 Å². The summed E-state index contributed by atoms with van der Waals surface area (Å²) in [5.41, 5.74) is -0.314. The molecule has 4 nitrogen and oxygen atoms in total. The highest BCUT2D eigenvalue weighted by molar-refractivity contribution is 9.10. The van der Waals surface area contributed by atoms with Gasteiger partial charge in [-0.15, -0.1) is 0 Å². The Hall–Kier alpha value is -1.83. The molecular formula is C10H4BrF3N2O2. The molecule has 1 heterocycles. The maximum Gasteiger partial charge on any atom is 0.340 e. The first-order valence-corrected chi connectivity index (χ1v) is 5.33. The van der Waals surface area contributed by atoms with E-state index in [0.717, 1.165) is 10.9 Å². The summed E-state index contributed by atoms with van der Waals surface area (Å²) >= 11 is 2.94. The Kier molecular flexibility index (Phi) is 3.12. The fourth-order valence-corrected chi connectivity index (χ4v) is 1.89. The van der Waals surface area contributed by atoms with Crippen LogP contribution in [0, 0.1) is 17.5 Å². The minimum absolute atomic E-state index is 0.000378. The standard InChI is InChI=1S/C10H4BrF3N2O2/c11-9-5(10(17)18)3-15-16(9)4-1-6(12)8(14)7(13)2-4/h1-3H,(H,17,18). The van der Waals surface area contributed by atoms with Crippen molar-refractivity contribution in [3.63, 3.8) is 0 Å². The summed E-state index contributed by atoms with van der Waals surface area (Å²) in [7, 11) is 0. The van der Waals surface area contributed by atoms with Crippen LogP contribution in [0.25, 0.3) is 5.69 Å². The van der Waals surface area contributed by atoms with Crippen LogP contribution in [0.4, 0.5) is 13.2 Å². The number of aromatic carboxylic acids is 1. The summed E-state index contributed by atoms with van der Waals surface area (Å²) < 4.78 is 39.8. The first-order valence-electron chi connectivity index (χ1n) is 4.53. The third-order valence-corrected chi connectivity index (χ3v) is 2.92. The molecular weight excluding hydrogens is 317 g/mol. The smallest absolute Gasteiger partial charge is 0.340 e. The molecule has 0 aliphatic carbocycles. The summed E-state index contributed by atoms with van der Waals surface area (Å²) in [4.78, 5) is 10.8. The maximum absolute atomic E-state index is 13.0. The highest BCUT2D eigenvalue weighted by atomic mass is 79.9. The molecule has 0 spiro atoms. The van der Waals surface area contributed by atoms with Crippen LogP contribution in [-0.4, -0.2) is 20.9 Å². The lowest BCUT2D eigenvalue weighted by molar-refractivity contribution is 0.0696. The summed E-state index contributed by atoms with van der Waals surface area (Å²) in [6.45, 7) is 0. The highest BCUT2D eigenvalue weighted by Crippen LogP contribution is 2.23. The van der Waals surface area contributed by atoms with Gasteiger partial charge in [0.05, 0.1) is 11.9 Å². The van der Waals surface area contributed by atoms with Crippen LogP contribution >= 0.6 is 15.9 Å². The highest BCUT2D eigenvalue weighted by Gasteiger charge is 2.18. The number of halogens is 4. The van der Waals surface area contributed by atoms with Gasteiger partial charge in [-0.05, 0) is 15.9 Å². The Bertz CT molecular complexity index is 619. The van der Waals surface area contributed by atoms with Gasteiger partial charge in [0, 0.05) is 12.1 Å². The molecule has 0 saturated carbocycles. The fraction of sp³-hybridized carbons (Fsp3) is 0. The van der Waals surface area contributed by atoms with Crippen molar-refractivity contribution in [1.82, 2.24) is 9.78 Å². The van der Waals surface area contributed by atoms with E-state index in [0.29, 0.717) is 12.1 Å². The van der Waals surface area contributed by atoms with Gasteiger partial charge in [0.25, 0.3) is 0 Å². The fourth-order valence-electron chi connectivity index (χ4n) is 1.32. The maximum atomic E-state index is 13.0. The van der Waals surface area contributed by atoms with Gasteiger partial charge < -0.3 is 5.11 Å². The van der Waals surface area contributed by atoms with Gasteiger partial charge in [0.1, 0.15) is 10.2 Å². The van der Waals surface area contributed by atoms with Crippen LogP contribution in [0.5, 0.6) is 0 Å². The third-order valence-electron chi connectivity index (χ3n) is 2.15. The number of hydrogen-bond acceptors (Lipinski definition) is 2. The second-order valence-electron chi connectivity index (χ2n) is 3.29. The SMILES string of the molecule is O=C(O)c1cnn(-c2cc(F)c(F)c(F)c2)c1Br. The molecule has 1 N–H and O–H groups in total. The van der Waals surface area contributed by atoms with E-state index in [9.17, 15) is 18.0 Å². The van der Waals surface area contributed by atoms with Crippen molar-refractivity contribution < 1.29 is 23.1 Å². The molecule has 0 unspecified atom stereocenters. The minimum Gasteiger partial charge on any atom is -0.478 e. The zero-order valence-corrected chi connectivity index (χ0v) is 10.1. The van der Waals surface area contributed by atoms with Crippen LogP contribution in [0.1, 0.15) is 10.4 Å². The third kappa shape index (κ3) is 1.99. The molecule has 0 bridgehead atoms. The molecule has 0 amide bonds. The lowest BCUT2D eigenvalue weighted by Gasteiger charge is -2.05. The van der Waals surface area contributed by atoms with Gasteiger partial charge in [-0.1, -0.05) is 0 Å². The van der Waals surface area contributed by atoms with Crippen LogP contribution in [0.2, 0.25) is 0 Å². The zero-order chi connectivity index (χ0) is 13.4. The topological polar surface area (TPSA) is 55.1 Å². The Morgan fingerprint density at radius 2 is 1.83 bits per heavy atom. The number of aromatic nitrogens is 2. The van der Waals surface area contributed by atoms with Crippen molar-refractivity contribution in [3.05, 3.63) is 45.9 Å². The van der Waals surface area contributed by atoms with Gasteiger partial charge in [-0.25, -0.2) is 22.6 Å². The van der Waals surface area contributed by atoms with Gasteiger partial charge in [-0.2, -0.15) is 5.10 Å². The molecule has 8 heteroatoms. The number of carboxylic acids is 1. The van der Waals surface area contributed by atoms with E-state index in [4.69, 9.17) is 5.11 Å². The number of rotatable bonds is 2. The molecule has 18 heavy (non-hydrogen) atoms. The van der Waals surface area contributed by atoms with Crippen LogP contribution < -0.4 is 0 Å². The summed E-state index contributed by atoms with van der Waals surface area (Å²) in [6.07, 6.45) is 1.01. The molecule has 94 valence electrons. The van der Waals surface area contributed by atoms with Gasteiger partial charge in [-0.3, -0.25) is 0 Å². The number of nitrogens with zero attached hydrogens (tertiary/aromatic N) is 2. The second kappa shape index (κ2) is 4.45. The second-order valence-corrected chi connectivity index (χ2v) is 4.04. The van der Waals surface area contributed by atoms with Crippen LogP contribution in [0.15, 0.2) is 22.9 Å². The number of carbonyl (C=O) groups is 1. The Morgan fingerprint density at radius 3 is 2.28 bits per heavy atom. The van der Waals surface area contributed by atoms with E-state index in [1.807, 2.05) is 0 Å². The van der Waals surface area contributed by atoms with Crippen LogP contribution in [-0.2, 0) is 0 Å². The molecule has 0 fully saturated rings. The Balaban J connectivity index is 2.59. The number of carboxylic acid groups (broad SMARTS) is 1. The molecule has 1 aromatic heterocycles. The van der Waals surface area contributed by atoms with E-state index in [1.165, 1.54) is 0 Å². The average Bonchev–Trinajstić information content (AvgIpc) is 2.67. The summed E-state index contributed by atoms with van der Waals surface area (Å²) in [6, 6.07) is 1.42. The van der Waals surface area contributed by atoms with Gasteiger partial charge in [0.2, 0.25) is 0 Å². The summed E-state index contributed by atoms with van der Waals surface area (Å²) in [5, 5.41) is 12.4. The number of benzene rings is 1. The average molecular weight is 321 g/mol. The Morgan fingerprint density at radius 1 is 1.28 bits per heavy atom. The lowest BCUT2D eigenvalue weighted by atomic mass is 10.3. The van der Waals surface area contributed by atoms with E-state index in [-0.39, 0.29) is 15.9 Å². The minimum atomic E-state index is -1.60. The van der Waals surface area contributed by atoms with Crippen molar-refractivity contribution in [2.45, 2.75) is 0 Å². The molecule has 2 rings (SSSR count). The normalized spacial score (nSPS) is 10.7. The van der Waals surface area contributed by atoms with Crippen molar-refractivity contribution >= 4 is 21.9 Å². The molecule has 0 radical (unpaired) electrons. The quantitative estimate of drug-likeness (QED) is 0.866. The molecule has 2 aromatic rings. The lowest BCUT2D eigenvalue weighted by Crippen LogP contribution is -2.02. The molecule has 0 atom stereocenters. The molecule has 1 aromatic carbocycles. The first-order chi connectivity index (χ1) is 8.41. The molecule has 0 aliphatic heterocycles. The first kappa shape index (κ1) is 12.6. The predicted molar refractivity (Wildman–Crippen MR) is 58.1 cm³/mol. The van der Waals surface area contributed by atoms with E-state index in [1.54, 1.807) is 0 Å². The van der Waals surface area contributed by atoms with E-state index < -0.39 is 23.4 Å².